The fraction of sp³-hybridized carbons (Fsp3) is 0.500. The molecule has 6 N–H and O–H groups in total. The van der Waals surface area contributed by atoms with Crippen LogP contribution in [-0.4, -0.2) is 47.6 Å². The van der Waals surface area contributed by atoms with Gasteiger partial charge in [-0.25, -0.2) is 0 Å². The molecule has 3 aromatic heterocycles. The molecule has 0 aliphatic heterocycles. The Bertz CT molecular complexity index is 3030. The largest absolute Gasteiger partial charge is 0.507 e. The molecule has 0 radical (unpaired) electrons. The molecule has 0 saturated heterocycles. The summed E-state index contributed by atoms with van der Waals surface area (Å²) < 4.78 is 0. The van der Waals surface area contributed by atoms with Crippen molar-refractivity contribution in [2.75, 3.05) is 0 Å². The van der Waals surface area contributed by atoms with Crippen LogP contribution in [0.2, 0.25) is 0 Å². The quantitative estimate of drug-likeness (QED) is 0.0443. The van der Waals surface area contributed by atoms with Gasteiger partial charge in [-0.1, -0.05) is 147 Å². The second-order valence-electron chi connectivity index (χ2n) is 27.2. The average molecular weight is 1020 g/mol. The summed E-state index contributed by atoms with van der Waals surface area (Å²) in [4.78, 5) is 50.8. The molecule has 0 atom stereocenters. The standard InChI is InChI=1S/C66H89N3O6/c1-39-29-53(67-38-39)55(71)25-20-42-33-49(64(12,13)14)60(75)51(36-42)66(17,18)37-45-30-40(2)57(69-45)56(72)26-21-43-34-48(63(9,10)11)59(74)50(35-43)65(15,16)28-27-44-22-23-52(68-44)54(70)24-19-41-31-46(61(3,4)5)58(73)47(32-41)62(6,7)8/h22-23,29-36,38,67-69,73-75H,19-21,24-28,37H2,1-18H3. The van der Waals surface area contributed by atoms with Crippen molar-refractivity contribution in [3.8, 4) is 17.2 Å². The van der Waals surface area contributed by atoms with E-state index in [-0.39, 0.29) is 56.9 Å². The van der Waals surface area contributed by atoms with E-state index < -0.39 is 10.8 Å². The highest BCUT2D eigenvalue weighted by Crippen LogP contribution is 2.45. The number of carbonyl (C=O) groups excluding carboxylic acids is 3. The van der Waals surface area contributed by atoms with E-state index in [1.165, 1.54) is 0 Å². The summed E-state index contributed by atoms with van der Waals surface area (Å²) in [6.45, 7) is 37.6. The normalized spacial score (nSPS) is 12.9. The predicted molar refractivity (Wildman–Crippen MR) is 307 cm³/mol. The molecule has 3 heterocycles. The highest BCUT2D eigenvalue weighted by atomic mass is 16.3. The minimum absolute atomic E-state index is 0.00835. The van der Waals surface area contributed by atoms with E-state index in [4.69, 9.17) is 0 Å². The third-order valence-corrected chi connectivity index (χ3v) is 15.3. The SMILES string of the molecule is Cc1c[nH]c(C(=O)CCc2cc(C(C)(C)C)c(O)c(C(C)(C)Cc3cc(C)c(C(=O)CCc4cc(C(C)(C)C)c(O)c(C(C)(C)CCc5ccc(C(=O)CCc6cc(C(C)(C)C)c(O)c(C(C)(C)C)c6)[nH]5)c4)[nH]3)c2)c1. The van der Waals surface area contributed by atoms with Gasteiger partial charge in [-0.3, -0.25) is 14.4 Å². The zero-order valence-corrected chi connectivity index (χ0v) is 48.8. The van der Waals surface area contributed by atoms with E-state index in [2.05, 4.69) is 138 Å². The number of carbonyl (C=O) groups is 3. The van der Waals surface area contributed by atoms with E-state index in [1.807, 2.05) is 68.6 Å². The third kappa shape index (κ3) is 13.9. The van der Waals surface area contributed by atoms with Crippen LogP contribution in [0.1, 0.15) is 241 Å². The Morgan fingerprint density at radius 3 is 1.27 bits per heavy atom. The van der Waals surface area contributed by atoms with E-state index in [1.54, 1.807) is 0 Å². The summed E-state index contributed by atoms with van der Waals surface area (Å²) in [5.74, 6) is 0.980. The Kier molecular flexibility index (Phi) is 16.7. The smallest absolute Gasteiger partial charge is 0.179 e. The van der Waals surface area contributed by atoms with Crippen LogP contribution in [0.4, 0.5) is 0 Å². The molecule has 0 bridgehead atoms. The maximum absolute atomic E-state index is 14.1. The number of ketones is 3. The van der Waals surface area contributed by atoms with Crippen LogP contribution in [0.25, 0.3) is 0 Å². The number of aromatic amines is 3. The molecule has 0 spiro atoms. The molecule has 0 aliphatic rings. The van der Waals surface area contributed by atoms with Crippen LogP contribution in [0.15, 0.2) is 66.9 Å². The molecular weight excluding hydrogens is 931 g/mol. The molecule has 6 aromatic rings. The second-order valence-corrected chi connectivity index (χ2v) is 27.2. The minimum Gasteiger partial charge on any atom is -0.507 e. The molecule has 0 aliphatic carbocycles. The fourth-order valence-electron chi connectivity index (χ4n) is 10.6. The lowest BCUT2D eigenvalue weighted by molar-refractivity contribution is 0.0970. The maximum atomic E-state index is 14.1. The van der Waals surface area contributed by atoms with E-state index in [9.17, 15) is 29.7 Å². The van der Waals surface area contributed by atoms with E-state index >= 15 is 0 Å². The Balaban J connectivity index is 1.14. The third-order valence-electron chi connectivity index (χ3n) is 15.3. The molecule has 6 rings (SSSR count). The van der Waals surface area contributed by atoms with Gasteiger partial charge in [0.25, 0.3) is 0 Å². The van der Waals surface area contributed by atoms with Gasteiger partial charge in [0.2, 0.25) is 0 Å². The van der Waals surface area contributed by atoms with Gasteiger partial charge < -0.3 is 30.3 Å². The maximum Gasteiger partial charge on any atom is 0.179 e. The molecule has 9 heteroatoms. The molecule has 0 saturated carbocycles. The Labute approximate surface area is 448 Å². The lowest BCUT2D eigenvalue weighted by Gasteiger charge is -2.31. The first-order chi connectivity index (χ1) is 34.5. The number of aromatic hydroxyl groups is 3. The number of aromatic nitrogens is 3. The number of Topliss-reactive ketones (excluding diaryl/α,β-unsaturated/α-hetero) is 3. The summed E-state index contributed by atoms with van der Waals surface area (Å²) in [6, 6.07) is 20.1. The number of rotatable bonds is 19. The fourth-order valence-corrected chi connectivity index (χ4v) is 10.6. The Hall–Kier alpha value is -6.09. The summed E-state index contributed by atoms with van der Waals surface area (Å²) in [7, 11) is 0. The summed E-state index contributed by atoms with van der Waals surface area (Å²) in [6.07, 6.45) is 6.32. The first-order valence-corrected chi connectivity index (χ1v) is 27.2. The van der Waals surface area contributed by atoms with Crippen molar-refractivity contribution in [2.45, 2.75) is 215 Å². The van der Waals surface area contributed by atoms with Crippen molar-refractivity contribution >= 4 is 17.3 Å². The van der Waals surface area contributed by atoms with Crippen LogP contribution in [-0.2, 0) is 64.6 Å². The van der Waals surface area contributed by atoms with Crippen molar-refractivity contribution in [1.82, 2.24) is 15.0 Å². The molecule has 0 unspecified atom stereocenters. The van der Waals surface area contributed by atoms with Crippen LogP contribution in [0, 0.1) is 13.8 Å². The number of hydrogen-bond acceptors (Lipinski definition) is 6. The summed E-state index contributed by atoms with van der Waals surface area (Å²) in [5.41, 5.74) is 11.5. The van der Waals surface area contributed by atoms with Crippen molar-refractivity contribution in [3.63, 3.8) is 0 Å². The molecule has 0 fully saturated rings. The molecule has 0 amide bonds. The van der Waals surface area contributed by atoms with Crippen LogP contribution in [0.3, 0.4) is 0 Å². The zero-order chi connectivity index (χ0) is 56.0. The number of phenols is 3. The number of hydrogen-bond donors (Lipinski definition) is 6. The first kappa shape index (κ1) is 58.2. The van der Waals surface area contributed by atoms with Crippen LogP contribution >= 0.6 is 0 Å². The highest BCUT2D eigenvalue weighted by Gasteiger charge is 2.33. The van der Waals surface area contributed by atoms with Crippen LogP contribution < -0.4 is 0 Å². The lowest BCUT2D eigenvalue weighted by atomic mass is 9.75. The van der Waals surface area contributed by atoms with Gasteiger partial charge in [-0.05, 0) is 159 Å². The molecule has 75 heavy (non-hydrogen) atoms. The number of nitrogens with one attached hydrogen (secondary N) is 3. The number of benzene rings is 3. The Morgan fingerprint density at radius 2 is 0.840 bits per heavy atom. The van der Waals surface area contributed by atoms with Crippen molar-refractivity contribution in [3.05, 3.63) is 157 Å². The van der Waals surface area contributed by atoms with Gasteiger partial charge in [0.15, 0.2) is 17.3 Å². The van der Waals surface area contributed by atoms with Crippen LogP contribution in [0.5, 0.6) is 17.2 Å². The zero-order valence-electron chi connectivity index (χ0n) is 48.8. The van der Waals surface area contributed by atoms with Gasteiger partial charge in [0.1, 0.15) is 17.2 Å². The lowest BCUT2D eigenvalue weighted by Crippen LogP contribution is -2.23. The molecule has 9 nitrogen and oxygen atoms in total. The molecular formula is C66H89N3O6. The molecule has 404 valence electrons. The van der Waals surface area contributed by atoms with Gasteiger partial charge in [-0.15, -0.1) is 0 Å². The van der Waals surface area contributed by atoms with Gasteiger partial charge in [0, 0.05) is 48.0 Å². The van der Waals surface area contributed by atoms with E-state index in [0.717, 1.165) is 72.6 Å². The average Bonchev–Trinajstić information content (AvgIpc) is 4.05. The number of aryl methyl sites for hydroxylation is 6. The van der Waals surface area contributed by atoms with Crippen molar-refractivity contribution in [1.29, 1.82) is 0 Å². The number of H-pyrrole nitrogens is 3. The Morgan fingerprint density at radius 1 is 0.440 bits per heavy atom. The first-order valence-electron chi connectivity index (χ1n) is 27.2. The van der Waals surface area contributed by atoms with Crippen molar-refractivity contribution in [2.24, 2.45) is 0 Å². The van der Waals surface area contributed by atoms with Gasteiger partial charge in [-0.2, -0.15) is 0 Å². The topological polar surface area (TPSA) is 159 Å². The summed E-state index contributed by atoms with van der Waals surface area (Å²) in [5, 5.41) is 35.0. The summed E-state index contributed by atoms with van der Waals surface area (Å²) >= 11 is 0. The minimum atomic E-state index is -0.527. The van der Waals surface area contributed by atoms with Crippen molar-refractivity contribution < 1.29 is 29.7 Å². The van der Waals surface area contributed by atoms with Gasteiger partial charge >= 0.3 is 0 Å². The highest BCUT2D eigenvalue weighted by molar-refractivity contribution is 5.96. The molecule has 3 aromatic carbocycles. The second kappa shape index (κ2) is 21.5. The van der Waals surface area contributed by atoms with Gasteiger partial charge in [0.05, 0.1) is 17.1 Å². The predicted octanol–water partition coefficient (Wildman–Crippen LogP) is 15.5. The number of phenolic OH excluding ortho intramolecular Hbond substituents is 3. The monoisotopic (exact) mass is 1020 g/mol. The van der Waals surface area contributed by atoms with E-state index in [0.29, 0.717) is 74.2 Å².